The lowest BCUT2D eigenvalue weighted by atomic mass is 9.92. The van der Waals surface area contributed by atoms with Crippen LogP contribution in [0.5, 0.6) is 11.5 Å². The van der Waals surface area contributed by atoms with Crippen LogP contribution in [0.25, 0.3) is 0 Å². The third kappa shape index (κ3) is 4.72. The van der Waals surface area contributed by atoms with Gasteiger partial charge in [0.05, 0.1) is 10.3 Å². The Hall–Kier alpha value is -3.46. The Labute approximate surface area is 182 Å². The van der Waals surface area contributed by atoms with Gasteiger partial charge in [0.15, 0.2) is 17.3 Å². The summed E-state index contributed by atoms with van der Waals surface area (Å²) in [5.41, 5.74) is 2.68. The molecule has 1 aromatic rings. The summed E-state index contributed by atoms with van der Waals surface area (Å²) in [5, 5.41) is 28.0. The van der Waals surface area contributed by atoms with Crippen molar-refractivity contribution >= 4 is 35.0 Å². The first-order valence-electron chi connectivity index (χ1n) is 8.88. The summed E-state index contributed by atoms with van der Waals surface area (Å²) in [6, 6.07) is -0.762. The van der Waals surface area contributed by atoms with E-state index in [1.807, 2.05) is 0 Å². The van der Waals surface area contributed by atoms with E-state index in [0.29, 0.717) is 0 Å². The van der Waals surface area contributed by atoms with E-state index >= 15 is 0 Å². The van der Waals surface area contributed by atoms with Crippen LogP contribution < -0.4 is 10.9 Å². The number of halogens is 1. The Bertz CT molecular complexity index is 990. The van der Waals surface area contributed by atoms with Crippen molar-refractivity contribution in [1.82, 2.24) is 15.8 Å². The van der Waals surface area contributed by atoms with Crippen molar-refractivity contribution in [2.45, 2.75) is 37.1 Å². The smallest absolute Gasteiger partial charge is 0.426 e. The fourth-order valence-corrected chi connectivity index (χ4v) is 3.58. The van der Waals surface area contributed by atoms with Crippen LogP contribution in [0.2, 0.25) is 0 Å². The minimum atomic E-state index is -3.12. The van der Waals surface area contributed by atoms with Crippen molar-refractivity contribution in [3.8, 4) is 11.5 Å². The van der Waals surface area contributed by atoms with Crippen LogP contribution in [-0.4, -0.2) is 76.3 Å². The van der Waals surface area contributed by atoms with E-state index < -0.39 is 81.3 Å². The van der Waals surface area contributed by atoms with E-state index in [2.05, 4.69) is 0 Å². The molecule has 1 aliphatic heterocycles. The first-order chi connectivity index (χ1) is 14.8. The van der Waals surface area contributed by atoms with Gasteiger partial charge in [0.1, 0.15) is 12.6 Å². The number of carboxylic acid groups (broad SMARTS) is 1. The first-order valence-corrected chi connectivity index (χ1v) is 9.95. The van der Waals surface area contributed by atoms with E-state index in [1.54, 1.807) is 10.9 Å². The van der Waals surface area contributed by atoms with Crippen molar-refractivity contribution in [1.29, 1.82) is 0 Å². The van der Waals surface area contributed by atoms with Gasteiger partial charge in [-0.2, -0.15) is 0 Å². The predicted octanol–water partition coefficient (Wildman–Crippen LogP) is -0.680. The highest BCUT2D eigenvalue weighted by Gasteiger charge is 2.52. The van der Waals surface area contributed by atoms with Crippen LogP contribution in [0.15, 0.2) is 12.1 Å². The number of phenols is 2. The van der Waals surface area contributed by atoms with Gasteiger partial charge in [0.25, 0.3) is 5.91 Å². The molecule has 1 fully saturated rings. The Morgan fingerprint density at radius 3 is 2.50 bits per heavy atom. The number of β-lactam (4-membered cyclic amide) rings is 1. The second-order valence-corrected chi connectivity index (χ2v) is 8.49. The Kier molecular flexibility index (Phi) is 7.25. The zero-order valence-corrected chi connectivity index (χ0v) is 17.5. The van der Waals surface area contributed by atoms with E-state index in [4.69, 9.17) is 9.84 Å². The molecule has 0 aromatic heterocycles. The molecule has 32 heavy (non-hydrogen) atoms. The molecule has 13 nitrogen and oxygen atoms in total. The lowest BCUT2D eigenvalue weighted by molar-refractivity contribution is -0.163. The van der Waals surface area contributed by atoms with Crippen molar-refractivity contribution in [2.75, 3.05) is 6.61 Å². The monoisotopic (exact) mass is 476 g/mol. The molecule has 176 valence electrons. The van der Waals surface area contributed by atoms with E-state index in [0.717, 1.165) is 24.0 Å². The van der Waals surface area contributed by atoms with Crippen molar-refractivity contribution in [3.05, 3.63) is 23.5 Å². The molecule has 1 aliphatic rings. The molecule has 2 rings (SSSR count). The molecule has 1 saturated heterocycles. The number of carbonyl (C=O) groups excluding carboxylic acids is 3. The number of rotatable bonds is 7. The van der Waals surface area contributed by atoms with E-state index in [9.17, 15) is 42.5 Å². The molecule has 3 amide bonds. The molecular weight excluding hydrogens is 457 g/mol. The molecule has 1 aromatic carbocycles. The Morgan fingerprint density at radius 1 is 1.38 bits per heavy atom. The Balaban J connectivity index is 2.06. The number of ether oxygens (including phenoxy) is 1. The van der Waals surface area contributed by atoms with Crippen LogP contribution in [0, 0.1) is 5.82 Å². The third-order valence-electron chi connectivity index (χ3n) is 4.81. The Morgan fingerprint density at radius 2 is 2.00 bits per heavy atom. The van der Waals surface area contributed by atoms with Gasteiger partial charge < -0.3 is 29.5 Å². The minimum Gasteiger partial charge on any atom is -0.772 e. The van der Waals surface area contributed by atoms with Gasteiger partial charge in [-0.3, -0.25) is 19.2 Å². The van der Waals surface area contributed by atoms with Gasteiger partial charge in [0.2, 0.25) is 5.91 Å². The van der Waals surface area contributed by atoms with Crippen LogP contribution in [0.1, 0.15) is 30.6 Å². The van der Waals surface area contributed by atoms with Gasteiger partial charge in [-0.1, -0.05) is 0 Å². The van der Waals surface area contributed by atoms with Crippen molar-refractivity contribution < 1.29 is 52.4 Å². The van der Waals surface area contributed by atoms with Crippen molar-refractivity contribution in [2.24, 2.45) is 0 Å². The summed E-state index contributed by atoms with van der Waals surface area (Å²) in [5.74, 6) is -6.95. The van der Waals surface area contributed by atoms with Gasteiger partial charge in [-0.15, -0.1) is 0 Å². The number of nitrogens with one attached hydrogen (secondary N) is 2. The molecule has 0 bridgehead atoms. The number of likely N-dealkylation sites (tertiary alicyclic amines) is 1. The third-order valence-corrected chi connectivity index (χ3v) is 5.91. The molecule has 5 N–H and O–H groups in total. The minimum absolute atomic E-state index is 0.0299. The summed E-state index contributed by atoms with van der Waals surface area (Å²) >= 11 is -3.12. The average molecular weight is 476 g/mol. The largest absolute Gasteiger partial charge is 0.772 e. The van der Waals surface area contributed by atoms with Gasteiger partial charge in [-0.05, 0) is 37.1 Å². The molecule has 0 radical (unpaired) electrons. The molecule has 15 heteroatoms. The fraction of sp³-hybridized carbons (Fsp3) is 0.412. The zero-order valence-electron chi connectivity index (χ0n) is 16.7. The zero-order chi connectivity index (χ0) is 24.4. The molecule has 4 atom stereocenters. The van der Waals surface area contributed by atoms with E-state index in [1.165, 1.54) is 6.92 Å². The second-order valence-electron chi connectivity index (χ2n) is 7.09. The summed E-state index contributed by atoms with van der Waals surface area (Å²) in [4.78, 5) is 48.2. The highest BCUT2D eigenvalue weighted by molar-refractivity contribution is 7.80. The first kappa shape index (κ1) is 24.8. The lowest BCUT2D eigenvalue weighted by Crippen LogP contribution is -2.68. The summed E-state index contributed by atoms with van der Waals surface area (Å²) in [6.07, 6.45) is -1.40. The number of nitrogens with zero attached hydrogens (tertiary/aromatic N) is 1. The molecular formula is C17H19FN3O10S-. The molecule has 1 unspecified atom stereocenters. The number of hydrazine groups is 1. The van der Waals surface area contributed by atoms with Gasteiger partial charge in [0, 0.05) is 12.5 Å². The number of carboxylic acids is 1. The molecule has 1 heterocycles. The fourth-order valence-electron chi connectivity index (χ4n) is 3.03. The average Bonchev–Trinajstić information content (AvgIpc) is 2.72. The quantitative estimate of drug-likeness (QED) is 0.145. The summed E-state index contributed by atoms with van der Waals surface area (Å²) in [7, 11) is 0. The number of hydrogen-bond acceptors (Lipinski definition) is 9. The highest BCUT2D eigenvalue weighted by Crippen LogP contribution is 2.32. The molecule has 0 aliphatic carbocycles. The predicted molar refractivity (Wildman–Crippen MR) is 101 cm³/mol. The van der Waals surface area contributed by atoms with Gasteiger partial charge >= 0.3 is 12.1 Å². The highest BCUT2D eigenvalue weighted by atomic mass is 32.2. The maximum atomic E-state index is 13.8. The van der Waals surface area contributed by atoms with Crippen LogP contribution >= 0.6 is 0 Å². The number of aliphatic carboxylic acids is 1. The molecule has 0 spiro atoms. The van der Waals surface area contributed by atoms with E-state index in [-0.39, 0.29) is 6.42 Å². The number of amides is 3. The van der Waals surface area contributed by atoms with Gasteiger partial charge in [-0.25, -0.2) is 19.4 Å². The molecule has 0 saturated carbocycles. The number of aromatic hydroxyl groups is 2. The number of hydrogen-bond donors (Lipinski definition) is 5. The normalized spacial score (nSPS) is 19.2. The maximum Gasteiger partial charge on any atom is 0.426 e. The van der Waals surface area contributed by atoms with Crippen LogP contribution in [0.3, 0.4) is 0 Å². The lowest BCUT2D eigenvalue weighted by Gasteiger charge is -2.49. The standard InChI is InChI=1S/C17H20FN3O10S/c1-7-5-10(23)21(7)13(15(26)27)17(2,32(29)30)6-31-16(28)20-19-14(25)8-3-4-9(22)12(24)11(8)18/h3-4,7,13,22,24H,5-6H2,1-2H3,(H,19,25)(H,20,28)(H,26,27)(H,29,30)/p-1/t7-,13+,17+/m1/s1. The summed E-state index contributed by atoms with van der Waals surface area (Å²) < 4.78 is 39.9. The number of phenolic OH excluding ortho intramolecular Hbond substituents is 2. The van der Waals surface area contributed by atoms with Crippen LogP contribution in [0.4, 0.5) is 9.18 Å². The summed E-state index contributed by atoms with van der Waals surface area (Å²) in [6.45, 7) is 1.48. The van der Waals surface area contributed by atoms with Crippen molar-refractivity contribution in [3.63, 3.8) is 0 Å². The number of benzene rings is 1. The second kappa shape index (κ2) is 9.35. The van der Waals surface area contributed by atoms with Crippen LogP contribution in [-0.2, 0) is 25.4 Å². The number of carbonyl (C=O) groups is 4. The maximum absolute atomic E-state index is 13.8. The topological polar surface area (TPSA) is 206 Å². The SMILES string of the molecule is C[C@@H]1CC(=O)N1[C@@H](C(=O)O)[C@](C)(COC(=O)NNC(=O)c1ccc(O)c(O)c1F)S(=O)[O-].